The van der Waals surface area contributed by atoms with Crippen LogP contribution in [-0.2, 0) is 31.8 Å². The minimum atomic E-state index is -1.63. The number of rotatable bonds is 6. The van der Waals surface area contributed by atoms with E-state index in [1.165, 1.54) is 12.1 Å². The van der Waals surface area contributed by atoms with Crippen molar-refractivity contribution in [2.24, 2.45) is 0 Å². The van der Waals surface area contributed by atoms with Gasteiger partial charge in [-0.2, -0.15) is 0 Å². The molecule has 4 atom stereocenters. The number of pyridine rings is 4. The van der Waals surface area contributed by atoms with Gasteiger partial charge in [0, 0.05) is 30.5 Å². The maximum atomic E-state index is 14.3. The Kier molecular flexibility index (Phi) is 13.7. The van der Waals surface area contributed by atoms with Gasteiger partial charge >= 0.3 is 19.1 Å². The van der Waals surface area contributed by atoms with Crippen LogP contribution in [0.15, 0.2) is 41.3 Å². The van der Waals surface area contributed by atoms with E-state index in [0.717, 1.165) is 61.3 Å². The van der Waals surface area contributed by atoms with Crippen LogP contribution in [-0.4, -0.2) is 74.5 Å². The van der Waals surface area contributed by atoms with Crippen molar-refractivity contribution in [3.63, 3.8) is 0 Å². The van der Waals surface area contributed by atoms with E-state index in [1.54, 1.807) is 13.8 Å². The number of carbonyl (C=O) groups excluding carboxylic acids is 2. The van der Waals surface area contributed by atoms with Crippen LogP contribution in [0.5, 0.6) is 0 Å². The normalized spacial score (nSPS) is 19.7. The van der Waals surface area contributed by atoms with Gasteiger partial charge in [0.05, 0.1) is 49.2 Å². The Morgan fingerprint density at radius 2 is 1.29 bits per heavy atom. The SMILES string of the molecule is C.CCOC(=O)c1cc(-c2ncc(F)cc2F)c2c(n1)C1CCC(C2)O1.CCOC(=O)c1cc(B(O)O)c2c(n1)C1CCC(C2)O1.Fc1cnc(Br)c(F)c1. The lowest BCUT2D eigenvalue weighted by Gasteiger charge is -2.25. The minimum Gasteiger partial charge on any atom is -0.461 e. The van der Waals surface area contributed by atoms with Crippen LogP contribution in [0.2, 0.25) is 0 Å². The molecule has 4 aromatic heterocycles. The molecule has 0 amide bonds. The first kappa shape index (κ1) is 41.8. The summed E-state index contributed by atoms with van der Waals surface area (Å²) in [5.74, 6) is -4.03. The van der Waals surface area contributed by atoms with Gasteiger partial charge in [-0.25, -0.2) is 42.1 Å². The Hall–Kier alpha value is -4.36. The largest absolute Gasteiger partial charge is 0.488 e. The van der Waals surface area contributed by atoms with E-state index in [2.05, 4.69) is 35.9 Å². The Balaban J connectivity index is 0.000000173. The van der Waals surface area contributed by atoms with Gasteiger partial charge in [0.1, 0.15) is 45.5 Å². The third-order valence-electron chi connectivity index (χ3n) is 9.11. The molecule has 4 aromatic rings. The summed E-state index contributed by atoms with van der Waals surface area (Å²) in [6, 6.07) is 4.43. The number of carbonyl (C=O) groups is 2. The van der Waals surface area contributed by atoms with Crippen molar-refractivity contribution in [2.75, 3.05) is 13.2 Å². The average molecular weight is 833 g/mol. The third-order valence-corrected chi connectivity index (χ3v) is 9.69. The number of esters is 2. The molecule has 0 saturated carbocycles. The summed E-state index contributed by atoms with van der Waals surface area (Å²) in [5.41, 5.74) is 3.84. The predicted molar refractivity (Wildman–Crippen MR) is 193 cm³/mol. The van der Waals surface area contributed by atoms with Gasteiger partial charge in [0.15, 0.2) is 11.6 Å². The highest BCUT2D eigenvalue weighted by molar-refractivity contribution is 9.10. The molecule has 2 saturated heterocycles. The van der Waals surface area contributed by atoms with Crippen LogP contribution in [0.1, 0.15) is 103 Å². The topological polar surface area (TPSA) is 163 Å². The molecule has 4 aliphatic heterocycles. The third kappa shape index (κ3) is 9.37. The fraction of sp³-hybridized carbons (Fsp3) is 0.405. The van der Waals surface area contributed by atoms with Gasteiger partial charge in [0.25, 0.3) is 0 Å². The van der Waals surface area contributed by atoms with Gasteiger partial charge in [-0.05, 0) is 84.2 Å². The fourth-order valence-electron chi connectivity index (χ4n) is 6.81. The number of hydrogen-bond donors (Lipinski definition) is 2. The van der Waals surface area contributed by atoms with E-state index in [0.29, 0.717) is 35.3 Å². The molecule has 55 heavy (non-hydrogen) atoms. The monoisotopic (exact) mass is 832 g/mol. The molecular formula is C37H38BBrF4N4O8. The Labute approximate surface area is 322 Å². The van der Waals surface area contributed by atoms with Crippen LogP contribution < -0.4 is 5.46 Å². The lowest BCUT2D eigenvalue weighted by atomic mass is 9.74. The zero-order valence-corrected chi connectivity index (χ0v) is 30.6. The molecule has 4 unspecified atom stereocenters. The van der Waals surface area contributed by atoms with Crippen LogP contribution in [0.3, 0.4) is 0 Å². The first-order valence-corrected chi connectivity index (χ1v) is 18.0. The van der Waals surface area contributed by atoms with Crippen molar-refractivity contribution in [3.05, 3.63) is 98.4 Å². The first-order valence-electron chi connectivity index (χ1n) is 17.2. The zero-order valence-electron chi connectivity index (χ0n) is 29.0. The van der Waals surface area contributed by atoms with Crippen molar-refractivity contribution in [1.82, 2.24) is 19.9 Å². The quantitative estimate of drug-likeness (QED) is 0.103. The van der Waals surface area contributed by atoms with E-state index in [9.17, 15) is 37.2 Å². The lowest BCUT2D eigenvalue weighted by molar-refractivity contribution is 0.0288. The van der Waals surface area contributed by atoms with Gasteiger partial charge in [-0.15, -0.1) is 0 Å². The summed E-state index contributed by atoms with van der Waals surface area (Å²) in [7, 11) is -1.63. The number of fused-ring (bicyclic) bond motifs is 8. The molecule has 0 radical (unpaired) electrons. The van der Waals surface area contributed by atoms with Crippen molar-refractivity contribution in [2.45, 2.75) is 84.2 Å². The van der Waals surface area contributed by atoms with Crippen molar-refractivity contribution in [1.29, 1.82) is 0 Å². The van der Waals surface area contributed by atoms with Gasteiger partial charge in [0.2, 0.25) is 0 Å². The van der Waals surface area contributed by atoms with Crippen LogP contribution in [0, 0.1) is 23.3 Å². The van der Waals surface area contributed by atoms with Crippen LogP contribution in [0.4, 0.5) is 17.6 Å². The summed E-state index contributed by atoms with van der Waals surface area (Å²) in [6.07, 6.45) is 6.32. The summed E-state index contributed by atoms with van der Waals surface area (Å²) in [6.45, 7) is 3.86. The summed E-state index contributed by atoms with van der Waals surface area (Å²) >= 11 is 2.78. The van der Waals surface area contributed by atoms with E-state index in [1.807, 2.05) is 0 Å². The smallest absolute Gasteiger partial charge is 0.461 e. The van der Waals surface area contributed by atoms with Gasteiger partial charge in [-0.1, -0.05) is 7.43 Å². The Morgan fingerprint density at radius 3 is 1.80 bits per heavy atom. The zero-order chi connectivity index (χ0) is 38.7. The van der Waals surface area contributed by atoms with Crippen molar-refractivity contribution < 1.29 is 56.1 Å². The van der Waals surface area contributed by atoms with E-state index in [4.69, 9.17) is 18.9 Å². The lowest BCUT2D eigenvalue weighted by Crippen LogP contribution is -2.38. The number of aromatic nitrogens is 4. The van der Waals surface area contributed by atoms with Gasteiger partial charge < -0.3 is 29.0 Å². The number of halogens is 5. The molecule has 0 aromatic carbocycles. The first-order chi connectivity index (χ1) is 25.9. The van der Waals surface area contributed by atoms with Crippen LogP contribution in [0.25, 0.3) is 11.3 Å². The number of hydrogen-bond acceptors (Lipinski definition) is 12. The molecule has 8 rings (SSSR count). The molecule has 12 nitrogen and oxygen atoms in total. The van der Waals surface area contributed by atoms with Crippen LogP contribution >= 0.6 is 15.9 Å². The second kappa shape index (κ2) is 18.1. The molecule has 0 spiro atoms. The Morgan fingerprint density at radius 1 is 0.782 bits per heavy atom. The molecule has 4 bridgehead atoms. The molecule has 2 fully saturated rings. The van der Waals surface area contributed by atoms with Crippen molar-refractivity contribution >= 4 is 40.4 Å². The minimum absolute atomic E-state index is 0. The van der Waals surface area contributed by atoms with E-state index in [-0.39, 0.29) is 66.7 Å². The maximum absolute atomic E-state index is 14.3. The second-order valence-corrected chi connectivity index (χ2v) is 13.4. The molecule has 18 heteroatoms. The standard InChI is InChI=1S/C18H16F2N2O3.C13H16BNO5.C5H2BrF2N.CH4/c1-2-24-18(23)14-7-12(16-13(20)5-9(19)8-21-16)11-6-10-3-4-15(25-10)17(11)22-14;1-2-19-13(16)10-6-9(14(17)18)8-5-7-3-4-11(20-7)12(8)15-10;6-5-4(8)1-3(7)2-9-5;/h5,7-8,10,15H,2-4,6H2,1H3;6-7,11,17-18H,2-5H2,1H3;1-2H;1H4. The summed E-state index contributed by atoms with van der Waals surface area (Å²) in [4.78, 5) is 40.0. The highest BCUT2D eigenvalue weighted by Crippen LogP contribution is 2.44. The second-order valence-electron chi connectivity index (χ2n) is 12.7. The van der Waals surface area contributed by atoms with E-state index >= 15 is 0 Å². The molecule has 8 heterocycles. The molecular weight excluding hydrogens is 795 g/mol. The molecule has 292 valence electrons. The summed E-state index contributed by atoms with van der Waals surface area (Å²) < 4.78 is 73.4. The van der Waals surface area contributed by atoms with E-state index < -0.39 is 42.3 Å². The maximum Gasteiger partial charge on any atom is 0.488 e. The summed E-state index contributed by atoms with van der Waals surface area (Å²) in [5, 5.41) is 19.1. The highest BCUT2D eigenvalue weighted by atomic mass is 79.9. The average Bonchev–Trinajstić information content (AvgIpc) is 3.73. The predicted octanol–water partition coefficient (Wildman–Crippen LogP) is 5.85. The molecule has 0 aliphatic carbocycles. The Bertz CT molecular complexity index is 2070. The highest BCUT2D eigenvalue weighted by Gasteiger charge is 2.39. The van der Waals surface area contributed by atoms with Crippen molar-refractivity contribution in [3.8, 4) is 11.3 Å². The van der Waals surface area contributed by atoms with Gasteiger partial charge in [-0.3, -0.25) is 4.98 Å². The number of ether oxygens (including phenoxy) is 4. The number of nitrogens with zero attached hydrogens (tertiary/aromatic N) is 4. The molecule has 2 N–H and O–H groups in total. The fourth-order valence-corrected chi connectivity index (χ4v) is 7.03. The molecule has 4 aliphatic rings.